The molecule has 0 unspecified atom stereocenters. The van der Waals surface area contributed by atoms with E-state index in [0.717, 1.165) is 0 Å². The average Bonchev–Trinajstić information content (AvgIpc) is 2.36. The van der Waals surface area contributed by atoms with Crippen LogP contribution in [0.2, 0.25) is 15.1 Å². The molecule has 1 N–H and O–H groups in total. The van der Waals surface area contributed by atoms with Crippen LogP contribution in [0, 0.1) is 0 Å². The highest BCUT2D eigenvalue weighted by molar-refractivity contribution is 7.92. The Hall–Kier alpha value is -0.940. The Morgan fingerprint density at radius 3 is 1.95 bits per heavy atom. The van der Waals surface area contributed by atoms with Crippen LogP contribution in [0.15, 0.2) is 47.4 Å². The Labute approximate surface area is 126 Å². The molecule has 0 aliphatic carbocycles. The molecule has 0 atom stereocenters. The SMILES string of the molecule is O=S(=O)(Nc1cc(Cl)c(Cl)c(Cl)c1)c1ccccc1. The van der Waals surface area contributed by atoms with E-state index in [9.17, 15) is 8.42 Å². The molecule has 19 heavy (non-hydrogen) atoms. The first-order chi connectivity index (χ1) is 8.90. The summed E-state index contributed by atoms with van der Waals surface area (Å²) in [6.07, 6.45) is 0. The van der Waals surface area contributed by atoms with Gasteiger partial charge in [-0.3, -0.25) is 4.72 Å². The van der Waals surface area contributed by atoms with E-state index in [2.05, 4.69) is 4.72 Å². The minimum Gasteiger partial charge on any atom is -0.280 e. The van der Waals surface area contributed by atoms with E-state index in [0.29, 0.717) is 0 Å². The second-order valence-electron chi connectivity index (χ2n) is 3.67. The fourth-order valence-electron chi connectivity index (χ4n) is 1.43. The van der Waals surface area contributed by atoms with Gasteiger partial charge in [0.2, 0.25) is 0 Å². The molecule has 100 valence electrons. The molecule has 0 aliphatic rings. The number of halogens is 3. The second-order valence-corrected chi connectivity index (χ2v) is 6.55. The third-order valence-electron chi connectivity index (χ3n) is 2.29. The summed E-state index contributed by atoms with van der Waals surface area (Å²) in [6, 6.07) is 10.8. The average molecular weight is 337 g/mol. The van der Waals surface area contributed by atoms with Crippen LogP contribution in [0.1, 0.15) is 0 Å². The highest BCUT2D eigenvalue weighted by Crippen LogP contribution is 2.33. The van der Waals surface area contributed by atoms with Crippen molar-refractivity contribution in [3.05, 3.63) is 57.5 Å². The van der Waals surface area contributed by atoms with Gasteiger partial charge in [-0.1, -0.05) is 53.0 Å². The molecule has 0 saturated carbocycles. The predicted octanol–water partition coefficient (Wildman–Crippen LogP) is 4.45. The van der Waals surface area contributed by atoms with Crippen molar-refractivity contribution in [2.45, 2.75) is 4.90 Å². The lowest BCUT2D eigenvalue weighted by Crippen LogP contribution is -2.12. The first kappa shape index (κ1) is 14.5. The van der Waals surface area contributed by atoms with Crippen molar-refractivity contribution in [2.75, 3.05) is 4.72 Å². The summed E-state index contributed by atoms with van der Waals surface area (Å²) in [6.45, 7) is 0. The summed E-state index contributed by atoms with van der Waals surface area (Å²) in [5.74, 6) is 0. The summed E-state index contributed by atoms with van der Waals surface area (Å²) >= 11 is 17.5. The highest BCUT2D eigenvalue weighted by Gasteiger charge is 2.15. The first-order valence-corrected chi connectivity index (χ1v) is 7.74. The molecule has 2 aromatic rings. The van der Waals surface area contributed by atoms with E-state index in [1.165, 1.54) is 24.3 Å². The van der Waals surface area contributed by atoms with Crippen LogP contribution in [0.5, 0.6) is 0 Å². The number of rotatable bonds is 3. The number of benzene rings is 2. The van der Waals surface area contributed by atoms with Gasteiger partial charge in [-0.05, 0) is 24.3 Å². The van der Waals surface area contributed by atoms with Crippen LogP contribution >= 0.6 is 34.8 Å². The third kappa shape index (κ3) is 3.34. The molecule has 0 fully saturated rings. The van der Waals surface area contributed by atoms with Crippen LogP contribution in [-0.2, 0) is 10.0 Å². The normalized spacial score (nSPS) is 11.3. The summed E-state index contributed by atoms with van der Waals surface area (Å²) in [4.78, 5) is 0.150. The number of hydrogen-bond donors (Lipinski definition) is 1. The number of anilines is 1. The molecular formula is C12H8Cl3NO2S. The van der Waals surface area contributed by atoms with Gasteiger partial charge in [0, 0.05) is 0 Å². The van der Waals surface area contributed by atoms with E-state index in [1.54, 1.807) is 18.2 Å². The molecule has 2 aromatic carbocycles. The van der Waals surface area contributed by atoms with E-state index in [1.807, 2.05) is 0 Å². The number of sulfonamides is 1. The van der Waals surface area contributed by atoms with Gasteiger partial charge >= 0.3 is 0 Å². The summed E-state index contributed by atoms with van der Waals surface area (Å²) < 4.78 is 26.5. The minimum absolute atomic E-state index is 0.150. The van der Waals surface area contributed by atoms with Crippen LogP contribution < -0.4 is 4.72 Å². The van der Waals surface area contributed by atoms with Gasteiger partial charge in [-0.25, -0.2) is 8.42 Å². The summed E-state index contributed by atoms with van der Waals surface area (Å²) in [5.41, 5.74) is 0.253. The van der Waals surface area contributed by atoms with E-state index >= 15 is 0 Å². The monoisotopic (exact) mass is 335 g/mol. The largest absolute Gasteiger partial charge is 0.280 e. The molecule has 7 heteroatoms. The van der Waals surface area contributed by atoms with Gasteiger partial charge in [0.1, 0.15) is 0 Å². The fourth-order valence-corrected chi connectivity index (χ4v) is 3.09. The zero-order valence-corrected chi connectivity index (χ0v) is 12.5. The fraction of sp³-hybridized carbons (Fsp3) is 0. The zero-order chi connectivity index (χ0) is 14.0. The third-order valence-corrected chi connectivity index (χ3v) is 4.88. The van der Waals surface area contributed by atoms with Gasteiger partial charge < -0.3 is 0 Å². The number of nitrogens with one attached hydrogen (secondary N) is 1. The molecule has 0 saturated heterocycles. The maximum absolute atomic E-state index is 12.1. The molecule has 0 aliphatic heterocycles. The van der Waals surface area contributed by atoms with Gasteiger partial charge in [-0.15, -0.1) is 0 Å². The topological polar surface area (TPSA) is 46.2 Å². The van der Waals surface area contributed by atoms with Gasteiger partial charge in [0.05, 0.1) is 25.7 Å². The van der Waals surface area contributed by atoms with Crippen molar-refractivity contribution in [1.82, 2.24) is 0 Å². The minimum atomic E-state index is -3.67. The first-order valence-electron chi connectivity index (χ1n) is 5.12. The van der Waals surface area contributed by atoms with Crippen LogP contribution in [0.4, 0.5) is 5.69 Å². The van der Waals surface area contributed by atoms with Gasteiger partial charge in [-0.2, -0.15) is 0 Å². The van der Waals surface area contributed by atoms with Crippen molar-refractivity contribution in [2.24, 2.45) is 0 Å². The molecule has 0 heterocycles. The Balaban J connectivity index is 2.37. The Morgan fingerprint density at radius 2 is 1.42 bits per heavy atom. The number of hydrogen-bond acceptors (Lipinski definition) is 2. The lowest BCUT2D eigenvalue weighted by atomic mass is 10.3. The second kappa shape index (κ2) is 5.59. The van der Waals surface area contributed by atoms with Crippen molar-refractivity contribution < 1.29 is 8.42 Å². The molecule has 2 rings (SSSR count). The summed E-state index contributed by atoms with van der Waals surface area (Å²) in [7, 11) is -3.67. The van der Waals surface area contributed by atoms with Crippen LogP contribution in [0.3, 0.4) is 0 Å². The highest BCUT2D eigenvalue weighted by atomic mass is 35.5. The molecule has 0 amide bonds. The van der Waals surface area contributed by atoms with Crippen molar-refractivity contribution in [1.29, 1.82) is 0 Å². The van der Waals surface area contributed by atoms with Crippen molar-refractivity contribution >= 4 is 50.5 Å². The zero-order valence-electron chi connectivity index (χ0n) is 9.40. The maximum Gasteiger partial charge on any atom is 0.261 e. The summed E-state index contributed by atoms with van der Waals surface area (Å²) in [5, 5.41) is 0.547. The van der Waals surface area contributed by atoms with E-state index in [4.69, 9.17) is 34.8 Å². The Morgan fingerprint density at radius 1 is 0.895 bits per heavy atom. The molecule has 0 aromatic heterocycles. The van der Waals surface area contributed by atoms with Gasteiger partial charge in [0.15, 0.2) is 0 Å². The molecule has 0 spiro atoms. The van der Waals surface area contributed by atoms with Crippen molar-refractivity contribution in [3.63, 3.8) is 0 Å². The molecule has 3 nitrogen and oxygen atoms in total. The Bertz CT molecular complexity index is 679. The van der Waals surface area contributed by atoms with Gasteiger partial charge in [0.25, 0.3) is 10.0 Å². The van der Waals surface area contributed by atoms with Crippen LogP contribution in [-0.4, -0.2) is 8.42 Å². The maximum atomic E-state index is 12.1. The lowest BCUT2D eigenvalue weighted by Gasteiger charge is -2.09. The molecule has 0 radical (unpaired) electrons. The predicted molar refractivity (Wildman–Crippen MR) is 78.7 cm³/mol. The lowest BCUT2D eigenvalue weighted by molar-refractivity contribution is 0.601. The van der Waals surface area contributed by atoms with Crippen molar-refractivity contribution in [3.8, 4) is 0 Å². The standard InChI is InChI=1S/C12H8Cl3NO2S/c13-10-6-8(7-11(14)12(10)15)16-19(17,18)9-4-2-1-3-5-9/h1-7,16H. The molecule has 0 bridgehead atoms. The van der Waals surface area contributed by atoms with Crippen LogP contribution in [0.25, 0.3) is 0 Å². The van der Waals surface area contributed by atoms with E-state index < -0.39 is 10.0 Å². The molecular weight excluding hydrogens is 329 g/mol. The quantitative estimate of drug-likeness (QED) is 0.842. The van der Waals surface area contributed by atoms with E-state index in [-0.39, 0.29) is 25.7 Å². The smallest absolute Gasteiger partial charge is 0.261 e. The Kier molecular flexibility index (Phi) is 4.26.